The van der Waals surface area contributed by atoms with Gasteiger partial charge in [0.2, 0.25) is 0 Å². The molecule has 3 aliphatic rings. The molecule has 4 atom stereocenters. The minimum atomic E-state index is -0.954. The van der Waals surface area contributed by atoms with Crippen molar-refractivity contribution in [3.05, 3.63) is 0 Å². The van der Waals surface area contributed by atoms with Crippen LogP contribution in [0.3, 0.4) is 0 Å². The van der Waals surface area contributed by atoms with E-state index in [9.17, 15) is 4.79 Å². The highest BCUT2D eigenvalue weighted by molar-refractivity contribution is 6.26. The lowest BCUT2D eigenvalue weighted by Gasteiger charge is -2.49. The van der Waals surface area contributed by atoms with Gasteiger partial charge in [-0.25, -0.2) is 0 Å². The van der Waals surface area contributed by atoms with Crippen LogP contribution in [0.5, 0.6) is 0 Å². The fourth-order valence-electron chi connectivity index (χ4n) is 3.81. The molecule has 5 nitrogen and oxygen atoms in total. The van der Waals surface area contributed by atoms with Gasteiger partial charge in [-0.15, -0.1) is 0 Å². The van der Waals surface area contributed by atoms with E-state index in [0.29, 0.717) is 12.8 Å². The molecule has 0 unspecified atom stereocenters. The Balaban J connectivity index is 1.93. The van der Waals surface area contributed by atoms with E-state index >= 15 is 0 Å². The van der Waals surface area contributed by atoms with Crippen molar-refractivity contribution in [2.24, 2.45) is 5.41 Å². The van der Waals surface area contributed by atoms with Crippen LogP contribution in [-0.4, -0.2) is 47.5 Å². The molecule has 20 heavy (non-hydrogen) atoms. The molecule has 3 rings (SSSR count). The number of carbonyl (C=O) groups is 1. The molecule has 2 saturated heterocycles. The zero-order chi connectivity index (χ0) is 14.8. The maximum atomic E-state index is 12.4. The SMILES string of the molecule is COC(=O)[C@]12CC[C@@]1(Cl)ON1CC[C@H](OC(C)(C)C)[C@H]12. The van der Waals surface area contributed by atoms with Gasteiger partial charge >= 0.3 is 5.97 Å². The second kappa shape index (κ2) is 4.32. The number of halogens is 1. The van der Waals surface area contributed by atoms with Crippen molar-refractivity contribution >= 4 is 17.6 Å². The number of carbonyl (C=O) groups excluding carboxylic acids is 1. The molecular weight excluding hydrogens is 282 g/mol. The first-order valence-electron chi connectivity index (χ1n) is 7.14. The number of hydrogen-bond acceptors (Lipinski definition) is 5. The van der Waals surface area contributed by atoms with Gasteiger partial charge in [0.25, 0.3) is 0 Å². The van der Waals surface area contributed by atoms with Gasteiger partial charge in [0.05, 0.1) is 24.9 Å². The molecule has 6 heteroatoms. The van der Waals surface area contributed by atoms with Crippen LogP contribution >= 0.6 is 11.6 Å². The van der Waals surface area contributed by atoms with Crippen molar-refractivity contribution < 1.29 is 19.1 Å². The van der Waals surface area contributed by atoms with Crippen LogP contribution in [0.2, 0.25) is 0 Å². The standard InChI is InChI=1S/C14H22ClNO4/c1-12(2,3)19-9-5-8-16-10(9)13(11(17)18-4)6-7-14(13,15)20-16/h9-10H,5-8H2,1-4H3/t9-,10-,13+,14+/m0/s1. The van der Waals surface area contributed by atoms with E-state index in [4.69, 9.17) is 25.9 Å². The van der Waals surface area contributed by atoms with Gasteiger partial charge in [-0.3, -0.25) is 9.63 Å². The van der Waals surface area contributed by atoms with E-state index in [1.165, 1.54) is 7.11 Å². The summed E-state index contributed by atoms with van der Waals surface area (Å²) in [5, 5.41) is 0.887. The van der Waals surface area contributed by atoms with Crippen molar-refractivity contribution in [3.63, 3.8) is 0 Å². The summed E-state index contributed by atoms with van der Waals surface area (Å²) in [6.07, 6.45) is 2.14. The highest BCUT2D eigenvalue weighted by Crippen LogP contribution is 2.66. The molecule has 2 heterocycles. The second-order valence-corrected chi connectivity index (χ2v) is 7.54. The van der Waals surface area contributed by atoms with E-state index in [0.717, 1.165) is 13.0 Å². The average Bonchev–Trinajstić information content (AvgIpc) is 2.76. The molecule has 3 fully saturated rings. The van der Waals surface area contributed by atoms with E-state index < -0.39 is 10.5 Å². The number of nitrogens with zero attached hydrogens (tertiary/aromatic N) is 1. The number of hydroxylamine groups is 2. The largest absolute Gasteiger partial charge is 0.468 e. The number of methoxy groups -OCH3 is 1. The molecule has 0 bridgehead atoms. The number of esters is 1. The lowest BCUT2D eigenvalue weighted by atomic mass is 9.61. The van der Waals surface area contributed by atoms with Gasteiger partial charge in [-0.2, -0.15) is 5.06 Å². The predicted octanol–water partition coefficient (Wildman–Crippen LogP) is 2.08. The predicted molar refractivity (Wildman–Crippen MR) is 73.1 cm³/mol. The van der Waals surface area contributed by atoms with Crippen molar-refractivity contribution in [1.29, 1.82) is 0 Å². The molecule has 0 aromatic carbocycles. The van der Waals surface area contributed by atoms with Crippen LogP contribution in [0, 0.1) is 5.41 Å². The molecule has 0 radical (unpaired) electrons. The normalized spacial score (nSPS) is 43.9. The van der Waals surface area contributed by atoms with Crippen LogP contribution in [0.25, 0.3) is 0 Å². The first-order valence-corrected chi connectivity index (χ1v) is 7.52. The van der Waals surface area contributed by atoms with E-state index in [-0.39, 0.29) is 23.7 Å². The van der Waals surface area contributed by atoms with Gasteiger partial charge < -0.3 is 9.47 Å². The Morgan fingerprint density at radius 2 is 2.10 bits per heavy atom. The van der Waals surface area contributed by atoms with E-state index in [1.54, 1.807) is 0 Å². The van der Waals surface area contributed by atoms with Crippen LogP contribution < -0.4 is 0 Å². The Morgan fingerprint density at radius 1 is 1.40 bits per heavy atom. The molecule has 1 saturated carbocycles. The maximum Gasteiger partial charge on any atom is 0.317 e. The summed E-state index contributed by atoms with van der Waals surface area (Å²) in [6, 6.07) is -0.152. The molecule has 0 spiro atoms. The van der Waals surface area contributed by atoms with Crippen molar-refractivity contribution in [1.82, 2.24) is 5.06 Å². The third-order valence-corrected chi connectivity index (χ3v) is 5.22. The van der Waals surface area contributed by atoms with Crippen LogP contribution in [0.4, 0.5) is 0 Å². The first kappa shape index (κ1) is 14.6. The number of alkyl halides is 1. The summed E-state index contributed by atoms with van der Waals surface area (Å²) in [4.78, 5) is 18.2. The molecule has 0 amide bonds. The quantitative estimate of drug-likeness (QED) is 0.577. The third-order valence-electron chi connectivity index (χ3n) is 4.62. The summed E-state index contributed by atoms with van der Waals surface area (Å²) in [5.41, 5.74) is -1.06. The molecule has 0 N–H and O–H groups in total. The smallest absolute Gasteiger partial charge is 0.317 e. The Bertz CT molecular complexity index is 437. The molecule has 0 aromatic heterocycles. The highest BCUT2D eigenvalue weighted by atomic mass is 35.5. The Hall–Kier alpha value is -0.360. The zero-order valence-electron chi connectivity index (χ0n) is 12.4. The Kier molecular flexibility index (Phi) is 3.15. The van der Waals surface area contributed by atoms with Crippen LogP contribution in [0.1, 0.15) is 40.0 Å². The Labute approximate surface area is 124 Å². The third kappa shape index (κ3) is 1.76. The summed E-state index contributed by atoms with van der Waals surface area (Å²) in [7, 11) is 1.41. The topological polar surface area (TPSA) is 48.0 Å². The van der Waals surface area contributed by atoms with Crippen LogP contribution in [-0.2, 0) is 19.1 Å². The molecular formula is C14H22ClNO4. The fraction of sp³-hybridized carbons (Fsp3) is 0.929. The molecule has 0 aromatic rings. The minimum Gasteiger partial charge on any atom is -0.468 e. The molecule has 1 aliphatic carbocycles. The maximum absolute atomic E-state index is 12.4. The van der Waals surface area contributed by atoms with Crippen molar-refractivity contribution in [3.8, 4) is 0 Å². The number of rotatable bonds is 2. The summed E-state index contributed by atoms with van der Waals surface area (Å²) in [6.45, 7) is 6.79. The van der Waals surface area contributed by atoms with Gasteiger partial charge in [-0.05, 0) is 40.0 Å². The monoisotopic (exact) mass is 303 g/mol. The highest BCUT2D eigenvalue weighted by Gasteiger charge is 2.78. The lowest BCUT2D eigenvalue weighted by Crippen LogP contribution is -2.63. The van der Waals surface area contributed by atoms with Crippen molar-refractivity contribution in [2.45, 2.75) is 62.8 Å². The lowest BCUT2D eigenvalue weighted by molar-refractivity contribution is -0.199. The van der Waals surface area contributed by atoms with Crippen LogP contribution in [0.15, 0.2) is 0 Å². The fourth-order valence-corrected chi connectivity index (χ4v) is 4.28. The van der Waals surface area contributed by atoms with Crippen molar-refractivity contribution in [2.75, 3.05) is 13.7 Å². The zero-order valence-corrected chi connectivity index (χ0v) is 13.2. The molecule has 114 valence electrons. The number of hydrogen-bond donors (Lipinski definition) is 0. The van der Waals surface area contributed by atoms with E-state index in [2.05, 4.69) is 0 Å². The second-order valence-electron chi connectivity index (χ2n) is 6.93. The summed E-state index contributed by atoms with van der Waals surface area (Å²) in [5.74, 6) is -0.282. The number of fused-ring (bicyclic) bond motifs is 3. The summed E-state index contributed by atoms with van der Waals surface area (Å²) < 4.78 is 11.2. The van der Waals surface area contributed by atoms with Gasteiger partial charge in [0.15, 0.2) is 5.06 Å². The van der Waals surface area contributed by atoms with E-state index in [1.807, 2.05) is 25.8 Å². The average molecular weight is 304 g/mol. The number of ether oxygens (including phenoxy) is 2. The Morgan fingerprint density at radius 3 is 2.60 bits per heavy atom. The van der Waals surface area contributed by atoms with Gasteiger partial charge in [0, 0.05) is 6.54 Å². The molecule has 2 aliphatic heterocycles. The van der Waals surface area contributed by atoms with Gasteiger partial charge in [-0.1, -0.05) is 11.6 Å². The summed E-state index contributed by atoms with van der Waals surface area (Å²) >= 11 is 6.55. The first-order chi connectivity index (χ1) is 9.23. The van der Waals surface area contributed by atoms with Gasteiger partial charge in [0.1, 0.15) is 5.41 Å². The minimum absolute atomic E-state index is 0.0602.